The highest BCUT2D eigenvalue weighted by molar-refractivity contribution is 5.82. The SMILES string of the molecule is CNC(=O)C1Cc2cc(Nc3ncc(F)c(Nc4ccccc4)n3)ccc2O1. The average Bonchev–Trinajstić information content (AvgIpc) is 3.14. The summed E-state index contributed by atoms with van der Waals surface area (Å²) in [4.78, 5) is 20.0. The number of halogens is 1. The fourth-order valence-corrected chi connectivity index (χ4v) is 2.94. The maximum Gasteiger partial charge on any atom is 0.261 e. The van der Waals surface area contributed by atoms with Gasteiger partial charge in [-0.3, -0.25) is 4.79 Å². The van der Waals surface area contributed by atoms with E-state index in [0.29, 0.717) is 12.2 Å². The molecule has 0 radical (unpaired) electrons. The molecule has 1 atom stereocenters. The highest BCUT2D eigenvalue weighted by atomic mass is 19.1. The number of para-hydroxylation sites is 1. The van der Waals surface area contributed by atoms with Crippen molar-refractivity contribution in [2.24, 2.45) is 0 Å². The first-order valence-corrected chi connectivity index (χ1v) is 8.75. The molecule has 1 aromatic heterocycles. The zero-order chi connectivity index (χ0) is 19.5. The summed E-state index contributed by atoms with van der Waals surface area (Å²) in [6.07, 6.45) is 1.06. The number of hydrogen-bond acceptors (Lipinski definition) is 6. The van der Waals surface area contributed by atoms with Crippen molar-refractivity contribution >= 4 is 29.0 Å². The van der Waals surface area contributed by atoms with Crippen LogP contribution in [0.4, 0.5) is 27.5 Å². The number of nitrogens with one attached hydrogen (secondary N) is 3. The zero-order valence-electron chi connectivity index (χ0n) is 15.1. The van der Waals surface area contributed by atoms with Crippen LogP contribution in [0.3, 0.4) is 0 Å². The Labute approximate surface area is 161 Å². The lowest BCUT2D eigenvalue weighted by atomic mass is 10.1. The van der Waals surface area contributed by atoms with E-state index in [0.717, 1.165) is 23.1 Å². The van der Waals surface area contributed by atoms with Gasteiger partial charge in [-0.25, -0.2) is 9.37 Å². The van der Waals surface area contributed by atoms with Gasteiger partial charge in [0, 0.05) is 30.4 Å². The second-order valence-electron chi connectivity index (χ2n) is 6.25. The summed E-state index contributed by atoms with van der Waals surface area (Å²) >= 11 is 0. The van der Waals surface area contributed by atoms with E-state index in [1.54, 1.807) is 19.2 Å². The lowest BCUT2D eigenvalue weighted by molar-refractivity contribution is -0.126. The van der Waals surface area contributed by atoms with Crippen LogP contribution in [0.2, 0.25) is 0 Å². The maximum atomic E-state index is 14.1. The Hall–Kier alpha value is -3.68. The Bertz CT molecular complexity index is 1010. The molecular formula is C20H18FN5O2. The monoisotopic (exact) mass is 379 g/mol. The number of amides is 1. The molecule has 1 amide bonds. The number of carbonyl (C=O) groups is 1. The molecule has 3 aromatic rings. The molecule has 1 aliphatic heterocycles. The van der Waals surface area contributed by atoms with Gasteiger partial charge in [-0.2, -0.15) is 4.98 Å². The number of anilines is 4. The third kappa shape index (κ3) is 3.71. The van der Waals surface area contributed by atoms with Gasteiger partial charge in [0.2, 0.25) is 5.95 Å². The molecule has 0 saturated heterocycles. The van der Waals surface area contributed by atoms with Crippen molar-refractivity contribution in [1.82, 2.24) is 15.3 Å². The van der Waals surface area contributed by atoms with Crippen LogP contribution in [0.15, 0.2) is 54.7 Å². The van der Waals surface area contributed by atoms with Crippen LogP contribution in [-0.4, -0.2) is 29.0 Å². The molecule has 8 heteroatoms. The zero-order valence-corrected chi connectivity index (χ0v) is 15.1. The summed E-state index contributed by atoms with van der Waals surface area (Å²) < 4.78 is 19.7. The second-order valence-corrected chi connectivity index (χ2v) is 6.25. The first kappa shape index (κ1) is 17.7. The largest absolute Gasteiger partial charge is 0.480 e. The number of rotatable bonds is 5. The van der Waals surface area contributed by atoms with Crippen LogP contribution in [0.5, 0.6) is 5.75 Å². The van der Waals surface area contributed by atoms with Crippen LogP contribution in [-0.2, 0) is 11.2 Å². The predicted molar refractivity (Wildman–Crippen MR) is 104 cm³/mol. The Morgan fingerprint density at radius 1 is 1.14 bits per heavy atom. The highest BCUT2D eigenvalue weighted by Crippen LogP contribution is 2.32. The van der Waals surface area contributed by atoms with Crippen molar-refractivity contribution in [2.45, 2.75) is 12.5 Å². The quantitative estimate of drug-likeness (QED) is 0.631. The van der Waals surface area contributed by atoms with Gasteiger partial charge < -0.3 is 20.7 Å². The average molecular weight is 379 g/mol. The number of fused-ring (bicyclic) bond motifs is 1. The molecule has 0 bridgehead atoms. The van der Waals surface area contributed by atoms with Crippen molar-refractivity contribution < 1.29 is 13.9 Å². The van der Waals surface area contributed by atoms with Gasteiger partial charge in [-0.05, 0) is 30.3 Å². The van der Waals surface area contributed by atoms with E-state index >= 15 is 0 Å². The van der Waals surface area contributed by atoms with Gasteiger partial charge in [-0.15, -0.1) is 0 Å². The number of likely N-dealkylation sites (N-methyl/N-ethyl adjacent to an activating group) is 1. The molecule has 2 aromatic carbocycles. The molecule has 142 valence electrons. The number of ether oxygens (including phenoxy) is 1. The summed E-state index contributed by atoms with van der Waals surface area (Å²) in [5.74, 6) is 0.286. The van der Waals surface area contributed by atoms with Crippen molar-refractivity contribution in [3.63, 3.8) is 0 Å². The third-order valence-electron chi connectivity index (χ3n) is 4.31. The summed E-state index contributed by atoms with van der Waals surface area (Å²) in [5.41, 5.74) is 2.35. The summed E-state index contributed by atoms with van der Waals surface area (Å²) in [6, 6.07) is 14.7. The molecule has 1 aliphatic rings. The predicted octanol–water partition coefficient (Wildman–Crippen LogP) is 3.15. The van der Waals surface area contributed by atoms with Gasteiger partial charge in [0.25, 0.3) is 5.91 Å². The van der Waals surface area contributed by atoms with Crippen molar-refractivity contribution in [3.8, 4) is 5.75 Å². The standard InChI is InChI=1S/C20H18FN5O2/c1-22-19(27)17-10-12-9-14(7-8-16(12)28-17)25-20-23-11-15(21)18(26-20)24-13-5-3-2-4-6-13/h2-9,11,17H,10H2,1H3,(H,22,27)(H2,23,24,25,26). The van der Waals surface area contributed by atoms with Gasteiger partial charge in [-0.1, -0.05) is 18.2 Å². The van der Waals surface area contributed by atoms with E-state index < -0.39 is 11.9 Å². The minimum absolute atomic E-state index is 0.0767. The molecule has 28 heavy (non-hydrogen) atoms. The molecule has 4 rings (SSSR count). The highest BCUT2D eigenvalue weighted by Gasteiger charge is 2.28. The molecule has 0 spiro atoms. The molecule has 0 fully saturated rings. The van der Waals surface area contributed by atoms with E-state index in [9.17, 15) is 9.18 Å². The van der Waals surface area contributed by atoms with Crippen LogP contribution in [0.1, 0.15) is 5.56 Å². The molecular weight excluding hydrogens is 361 g/mol. The fourth-order valence-electron chi connectivity index (χ4n) is 2.94. The molecule has 7 nitrogen and oxygen atoms in total. The number of nitrogens with zero attached hydrogens (tertiary/aromatic N) is 2. The minimum atomic E-state index is -0.551. The van der Waals surface area contributed by atoms with Crippen LogP contribution in [0.25, 0.3) is 0 Å². The topological polar surface area (TPSA) is 88.2 Å². The fraction of sp³-hybridized carbons (Fsp3) is 0.150. The lowest BCUT2D eigenvalue weighted by Crippen LogP contribution is -2.34. The van der Waals surface area contributed by atoms with E-state index in [-0.39, 0.29) is 17.7 Å². The first-order valence-electron chi connectivity index (χ1n) is 8.75. The summed E-state index contributed by atoms with van der Waals surface area (Å²) in [7, 11) is 1.58. The lowest BCUT2D eigenvalue weighted by Gasteiger charge is -2.10. The first-order chi connectivity index (χ1) is 13.6. The van der Waals surface area contributed by atoms with Gasteiger partial charge in [0.05, 0.1) is 6.20 Å². The van der Waals surface area contributed by atoms with E-state index in [1.165, 1.54) is 0 Å². The molecule has 2 heterocycles. The van der Waals surface area contributed by atoms with E-state index in [4.69, 9.17) is 4.74 Å². The van der Waals surface area contributed by atoms with Crippen molar-refractivity contribution in [1.29, 1.82) is 0 Å². The molecule has 3 N–H and O–H groups in total. The molecule has 0 saturated carbocycles. The number of hydrogen-bond donors (Lipinski definition) is 3. The Kier molecular flexibility index (Phi) is 4.76. The number of aromatic nitrogens is 2. The summed E-state index contributed by atoms with van der Waals surface area (Å²) in [5, 5.41) is 8.58. The van der Waals surface area contributed by atoms with E-state index in [1.807, 2.05) is 36.4 Å². The summed E-state index contributed by atoms with van der Waals surface area (Å²) in [6.45, 7) is 0. The number of benzene rings is 2. The normalized spacial score (nSPS) is 14.7. The molecule has 0 aliphatic carbocycles. The van der Waals surface area contributed by atoms with Crippen LogP contribution >= 0.6 is 0 Å². The van der Waals surface area contributed by atoms with Gasteiger partial charge in [0.15, 0.2) is 17.7 Å². The second kappa shape index (κ2) is 7.51. The Balaban J connectivity index is 1.51. The Morgan fingerprint density at radius 2 is 1.96 bits per heavy atom. The number of carbonyl (C=O) groups excluding carboxylic acids is 1. The van der Waals surface area contributed by atoms with E-state index in [2.05, 4.69) is 25.9 Å². The smallest absolute Gasteiger partial charge is 0.261 e. The van der Waals surface area contributed by atoms with Gasteiger partial charge in [0.1, 0.15) is 5.75 Å². The third-order valence-corrected chi connectivity index (χ3v) is 4.31. The van der Waals surface area contributed by atoms with Crippen LogP contribution in [0, 0.1) is 5.82 Å². The molecule has 1 unspecified atom stereocenters. The van der Waals surface area contributed by atoms with Crippen molar-refractivity contribution in [2.75, 3.05) is 17.7 Å². The van der Waals surface area contributed by atoms with Crippen molar-refractivity contribution in [3.05, 3.63) is 66.1 Å². The van der Waals surface area contributed by atoms with Gasteiger partial charge >= 0.3 is 0 Å². The maximum absolute atomic E-state index is 14.1. The van der Waals surface area contributed by atoms with Crippen LogP contribution < -0.4 is 20.7 Å². The minimum Gasteiger partial charge on any atom is -0.480 e. The Morgan fingerprint density at radius 3 is 2.75 bits per heavy atom.